The van der Waals surface area contributed by atoms with Gasteiger partial charge in [-0.1, -0.05) is 13.3 Å². The quantitative estimate of drug-likeness (QED) is 0.717. The van der Waals surface area contributed by atoms with Crippen LogP contribution in [0, 0.1) is 5.41 Å². The van der Waals surface area contributed by atoms with E-state index >= 15 is 0 Å². The Bertz CT molecular complexity index is 316. The molecular weight excluding hydrogens is 182 g/mol. The molecule has 0 saturated heterocycles. The van der Waals surface area contributed by atoms with Crippen molar-refractivity contribution in [2.75, 3.05) is 6.54 Å². The molecule has 2 N–H and O–H groups in total. The lowest BCUT2D eigenvalue weighted by Crippen LogP contribution is -2.40. The predicted octanol–water partition coefficient (Wildman–Crippen LogP) is 0.120. The van der Waals surface area contributed by atoms with Crippen LogP contribution in [-0.2, 0) is 0 Å². The number of nitrogens with zero attached hydrogens (tertiary/aromatic N) is 3. The molecule has 14 heavy (non-hydrogen) atoms. The summed E-state index contributed by atoms with van der Waals surface area (Å²) in [6.07, 6.45) is 3.62. The van der Waals surface area contributed by atoms with Crippen molar-refractivity contribution >= 4 is 5.91 Å². The molecule has 1 heterocycles. The summed E-state index contributed by atoms with van der Waals surface area (Å²) in [6.45, 7) is 2.87. The van der Waals surface area contributed by atoms with Gasteiger partial charge >= 0.3 is 0 Å². The fourth-order valence-electron chi connectivity index (χ4n) is 1.59. The highest BCUT2D eigenvalue weighted by Gasteiger charge is 2.32. The average molecular weight is 195 g/mol. The van der Waals surface area contributed by atoms with E-state index in [1.165, 1.54) is 19.3 Å². The number of tetrazole rings is 1. The molecule has 1 aromatic heterocycles. The summed E-state index contributed by atoms with van der Waals surface area (Å²) in [5.74, 6) is -0.153. The fraction of sp³-hybridized carbons (Fsp3) is 0.750. The Morgan fingerprint density at radius 3 is 2.93 bits per heavy atom. The van der Waals surface area contributed by atoms with Crippen molar-refractivity contribution in [2.45, 2.75) is 26.2 Å². The van der Waals surface area contributed by atoms with Gasteiger partial charge in [0.2, 0.25) is 0 Å². The molecular formula is C8H13N5O. The summed E-state index contributed by atoms with van der Waals surface area (Å²) in [7, 11) is 0. The van der Waals surface area contributed by atoms with Gasteiger partial charge in [-0.3, -0.25) is 4.79 Å². The molecule has 6 nitrogen and oxygen atoms in total. The molecule has 0 aromatic carbocycles. The van der Waals surface area contributed by atoms with Crippen LogP contribution in [0.15, 0.2) is 0 Å². The normalized spacial score (nSPS) is 18.6. The summed E-state index contributed by atoms with van der Waals surface area (Å²) in [4.78, 5) is 11.4. The van der Waals surface area contributed by atoms with Crippen LogP contribution in [-0.4, -0.2) is 33.1 Å². The highest BCUT2D eigenvalue weighted by atomic mass is 16.2. The Labute approximate surface area is 81.5 Å². The minimum atomic E-state index is -0.258. The maximum Gasteiger partial charge on any atom is 0.292 e. The van der Waals surface area contributed by atoms with Gasteiger partial charge in [0.25, 0.3) is 11.7 Å². The number of nitrogens with one attached hydrogen (secondary N) is 2. The van der Waals surface area contributed by atoms with E-state index in [0.29, 0.717) is 6.54 Å². The zero-order chi connectivity index (χ0) is 10.0. The molecule has 2 rings (SSSR count). The first-order valence-corrected chi connectivity index (χ1v) is 4.71. The number of aromatic amines is 1. The lowest BCUT2D eigenvalue weighted by atomic mass is 9.70. The molecule has 0 atom stereocenters. The largest absolute Gasteiger partial charge is 0.349 e. The van der Waals surface area contributed by atoms with Gasteiger partial charge in [0.1, 0.15) is 0 Å². The lowest BCUT2D eigenvalue weighted by molar-refractivity contribution is 0.0880. The molecule has 6 heteroatoms. The van der Waals surface area contributed by atoms with Crippen molar-refractivity contribution in [1.82, 2.24) is 25.9 Å². The minimum absolute atomic E-state index is 0.105. The number of aromatic nitrogens is 4. The van der Waals surface area contributed by atoms with Crippen molar-refractivity contribution in [3.8, 4) is 0 Å². The smallest absolute Gasteiger partial charge is 0.292 e. The monoisotopic (exact) mass is 195 g/mol. The molecule has 1 fully saturated rings. The number of carbonyl (C=O) groups is 1. The predicted molar refractivity (Wildman–Crippen MR) is 48.5 cm³/mol. The fourth-order valence-corrected chi connectivity index (χ4v) is 1.59. The molecule has 1 aliphatic carbocycles. The third-order valence-electron chi connectivity index (χ3n) is 2.78. The van der Waals surface area contributed by atoms with E-state index in [0.717, 1.165) is 0 Å². The maximum absolute atomic E-state index is 11.4. The molecule has 0 radical (unpaired) electrons. The van der Waals surface area contributed by atoms with Gasteiger partial charge in [-0.2, -0.15) is 5.21 Å². The van der Waals surface area contributed by atoms with Gasteiger partial charge < -0.3 is 5.32 Å². The minimum Gasteiger partial charge on any atom is -0.349 e. The Hall–Kier alpha value is -1.46. The van der Waals surface area contributed by atoms with E-state index in [-0.39, 0.29) is 17.1 Å². The third-order valence-corrected chi connectivity index (χ3v) is 2.78. The number of carbonyl (C=O) groups excluding carboxylic acids is 1. The van der Waals surface area contributed by atoms with Crippen molar-refractivity contribution < 1.29 is 4.79 Å². The number of H-pyrrole nitrogens is 1. The van der Waals surface area contributed by atoms with Crippen LogP contribution in [0.2, 0.25) is 0 Å². The van der Waals surface area contributed by atoms with Gasteiger partial charge in [-0.15, -0.1) is 10.2 Å². The van der Waals surface area contributed by atoms with E-state index in [2.05, 4.69) is 32.9 Å². The Morgan fingerprint density at radius 1 is 1.64 bits per heavy atom. The van der Waals surface area contributed by atoms with Crippen molar-refractivity contribution in [3.63, 3.8) is 0 Å². The number of hydrogen-bond acceptors (Lipinski definition) is 4. The van der Waals surface area contributed by atoms with Crippen LogP contribution >= 0.6 is 0 Å². The van der Waals surface area contributed by atoms with E-state index in [1.54, 1.807) is 0 Å². The van der Waals surface area contributed by atoms with Gasteiger partial charge in [-0.25, -0.2) is 0 Å². The van der Waals surface area contributed by atoms with Gasteiger partial charge in [0.15, 0.2) is 0 Å². The Kier molecular flexibility index (Phi) is 2.18. The second-order valence-corrected chi connectivity index (χ2v) is 4.08. The Morgan fingerprint density at radius 2 is 2.43 bits per heavy atom. The van der Waals surface area contributed by atoms with Crippen LogP contribution in [0.3, 0.4) is 0 Å². The summed E-state index contributed by atoms with van der Waals surface area (Å²) in [6, 6.07) is 0. The molecule has 0 aliphatic heterocycles. The third kappa shape index (κ3) is 1.73. The van der Waals surface area contributed by atoms with Crippen molar-refractivity contribution in [2.24, 2.45) is 5.41 Å². The Balaban J connectivity index is 1.84. The molecule has 1 saturated carbocycles. The number of rotatable bonds is 3. The highest BCUT2D eigenvalue weighted by Crippen LogP contribution is 2.39. The first-order chi connectivity index (χ1) is 6.70. The van der Waals surface area contributed by atoms with Crippen LogP contribution in [0.25, 0.3) is 0 Å². The zero-order valence-electron chi connectivity index (χ0n) is 8.08. The van der Waals surface area contributed by atoms with E-state index in [9.17, 15) is 4.79 Å². The van der Waals surface area contributed by atoms with Crippen LogP contribution < -0.4 is 5.32 Å². The van der Waals surface area contributed by atoms with Crippen molar-refractivity contribution in [3.05, 3.63) is 5.82 Å². The molecule has 1 aliphatic rings. The molecule has 0 bridgehead atoms. The standard InChI is InChI=1S/C8H13N5O/c1-8(3-2-4-8)5-9-7(14)6-10-12-13-11-6/h2-5H2,1H3,(H,9,14)(H,10,11,12,13). The first-order valence-electron chi connectivity index (χ1n) is 4.71. The molecule has 0 unspecified atom stereocenters. The van der Waals surface area contributed by atoms with Crippen LogP contribution in [0.5, 0.6) is 0 Å². The van der Waals surface area contributed by atoms with Crippen molar-refractivity contribution in [1.29, 1.82) is 0 Å². The second-order valence-electron chi connectivity index (χ2n) is 4.08. The van der Waals surface area contributed by atoms with Crippen LogP contribution in [0.1, 0.15) is 36.8 Å². The molecule has 0 spiro atoms. The molecule has 1 amide bonds. The summed E-state index contributed by atoms with van der Waals surface area (Å²) in [5, 5.41) is 15.6. The lowest BCUT2D eigenvalue weighted by Gasteiger charge is -2.38. The van der Waals surface area contributed by atoms with E-state index < -0.39 is 0 Å². The number of hydrogen-bond donors (Lipinski definition) is 2. The summed E-state index contributed by atoms with van der Waals surface area (Å²) in [5.41, 5.74) is 0.277. The van der Waals surface area contributed by atoms with Crippen LogP contribution in [0.4, 0.5) is 0 Å². The second kappa shape index (κ2) is 3.36. The SMILES string of the molecule is CC1(CNC(=O)c2nn[nH]n2)CCC1. The van der Waals surface area contributed by atoms with Gasteiger partial charge in [-0.05, 0) is 23.5 Å². The zero-order valence-corrected chi connectivity index (χ0v) is 8.08. The average Bonchev–Trinajstić information content (AvgIpc) is 2.63. The van der Waals surface area contributed by atoms with Gasteiger partial charge in [0.05, 0.1) is 0 Å². The number of amides is 1. The van der Waals surface area contributed by atoms with Gasteiger partial charge in [0, 0.05) is 6.54 Å². The first kappa shape index (κ1) is 9.11. The maximum atomic E-state index is 11.4. The molecule has 76 valence electrons. The van der Waals surface area contributed by atoms with E-state index in [4.69, 9.17) is 0 Å². The summed E-state index contributed by atoms with van der Waals surface area (Å²) >= 11 is 0. The van der Waals surface area contributed by atoms with E-state index in [1.807, 2.05) is 0 Å². The highest BCUT2D eigenvalue weighted by molar-refractivity contribution is 5.90. The summed E-state index contributed by atoms with van der Waals surface area (Å²) < 4.78 is 0. The topological polar surface area (TPSA) is 83.6 Å². The molecule has 1 aromatic rings.